The van der Waals surface area contributed by atoms with E-state index >= 15 is 0 Å². The van der Waals surface area contributed by atoms with Crippen LogP contribution in [-0.4, -0.2) is 16.1 Å². The Morgan fingerprint density at radius 1 is 1.10 bits per heavy atom. The normalized spacial score (nSPS) is 10.7. The fourth-order valence-corrected chi connectivity index (χ4v) is 2.30. The Hall–Kier alpha value is -2.04. The van der Waals surface area contributed by atoms with Crippen molar-refractivity contribution in [2.24, 2.45) is 0 Å². The van der Waals surface area contributed by atoms with Crippen molar-refractivity contribution in [2.75, 3.05) is 5.32 Å². The second-order valence-corrected chi connectivity index (χ2v) is 4.96. The molecule has 1 amide bonds. The van der Waals surface area contributed by atoms with Gasteiger partial charge in [-0.25, -0.2) is 0 Å². The lowest BCUT2D eigenvalue weighted by molar-refractivity contribution is 0.102. The van der Waals surface area contributed by atoms with Crippen molar-refractivity contribution in [3.05, 3.63) is 58.1 Å². The van der Waals surface area contributed by atoms with Crippen LogP contribution in [0.15, 0.2) is 42.5 Å². The number of para-hydroxylation sites is 1. The summed E-state index contributed by atoms with van der Waals surface area (Å²) in [5.41, 5.74) is 1.16. The van der Waals surface area contributed by atoms with E-state index in [9.17, 15) is 4.79 Å². The number of rotatable bonds is 2. The summed E-state index contributed by atoms with van der Waals surface area (Å²) in [6.45, 7) is 0. The molecule has 6 heteroatoms. The molecule has 1 heterocycles. The van der Waals surface area contributed by atoms with Crippen LogP contribution in [0.25, 0.3) is 10.9 Å². The molecular formula is C14H9Cl2N3O. The SMILES string of the molecule is O=C(Nc1n[nH]c2ccccc12)c1cccc(Cl)c1Cl. The predicted octanol–water partition coefficient (Wildman–Crippen LogP) is 4.12. The van der Waals surface area contributed by atoms with Crippen LogP contribution in [0.2, 0.25) is 10.0 Å². The van der Waals surface area contributed by atoms with Crippen LogP contribution in [-0.2, 0) is 0 Å². The predicted molar refractivity (Wildman–Crippen MR) is 80.5 cm³/mol. The first-order chi connectivity index (χ1) is 9.66. The number of hydrogen-bond donors (Lipinski definition) is 2. The van der Waals surface area contributed by atoms with Crippen LogP contribution in [0.1, 0.15) is 10.4 Å². The van der Waals surface area contributed by atoms with E-state index in [-0.39, 0.29) is 10.9 Å². The minimum Gasteiger partial charge on any atom is -0.305 e. The Bertz CT molecular complexity index is 798. The number of halogens is 2. The Kier molecular flexibility index (Phi) is 3.34. The zero-order chi connectivity index (χ0) is 14.1. The molecule has 0 saturated carbocycles. The number of hydrogen-bond acceptors (Lipinski definition) is 2. The summed E-state index contributed by atoms with van der Waals surface area (Å²) in [7, 11) is 0. The van der Waals surface area contributed by atoms with Gasteiger partial charge >= 0.3 is 0 Å². The third-order valence-corrected chi connectivity index (χ3v) is 3.72. The van der Waals surface area contributed by atoms with Gasteiger partial charge in [0, 0.05) is 5.39 Å². The van der Waals surface area contributed by atoms with Crippen molar-refractivity contribution in [2.45, 2.75) is 0 Å². The number of anilines is 1. The summed E-state index contributed by atoms with van der Waals surface area (Å²) in [5.74, 6) is 0.108. The maximum Gasteiger partial charge on any atom is 0.258 e. The van der Waals surface area contributed by atoms with Crippen molar-refractivity contribution >= 4 is 45.8 Å². The first-order valence-corrected chi connectivity index (χ1v) is 6.61. The van der Waals surface area contributed by atoms with E-state index in [1.54, 1.807) is 18.2 Å². The van der Waals surface area contributed by atoms with Crippen LogP contribution in [0.4, 0.5) is 5.82 Å². The molecule has 100 valence electrons. The monoisotopic (exact) mass is 305 g/mol. The molecule has 0 aliphatic rings. The van der Waals surface area contributed by atoms with E-state index in [1.807, 2.05) is 24.3 Å². The highest BCUT2D eigenvalue weighted by atomic mass is 35.5. The lowest BCUT2D eigenvalue weighted by Crippen LogP contribution is -2.13. The fraction of sp³-hybridized carbons (Fsp3) is 0. The molecule has 0 aliphatic heterocycles. The molecule has 0 saturated heterocycles. The summed E-state index contributed by atoms with van der Waals surface area (Å²) in [6, 6.07) is 12.4. The molecule has 0 atom stereocenters. The molecule has 0 radical (unpaired) electrons. The highest BCUT2D eigenvalue weighted by Crippen LogP contribution is 2.27. The zero-order valence-electron chi connectivity index (χ0n) is 10.2. The number of carbonyl (C=O) groups excluding carboxylic acids is 1. The zero-order valence-corrected chi connectivity index (χ0v) is 11.7. The Balaban J connectivity index is 1.95. The van der Waals surface area contributed by atoms with Gasteiger partial charge in [0.1, 0.15) is 0 Å². The molecule has 2 N–H and O–H groups in total. The van der Waals surface area contributed by atoms with E-state index in [0.717, 1.165) is 10.9 Å². The van der Waals surface area contributed by atoms with E-state index in [1.165, 1.54) is 0 Å². The van der Waals surface area contributed by atoms with Crippen LogP contribution >= 0.6 is 23.2 Å². The Labute approximate surface area is 124 Å². The molecule has 0 spiro atoms. The number of aromatic nitrogens is 2. The summed E-state index contributed by atoms with van der Waals surface area (Å²) in [5, 5.41) is 11.1. The van der Waals surface area contributed by atoms with Crippen LogP contribution in [0.5, 0.6) is 0 Å². The number of nitrogens with zero attached hydrogens (tertiary/aromatic N) is 1. The second-order valence-electron chi connectivity index (χ2n) is 4.17. The molecule has 2 aromatic carbocycles. The molecule has 0 fully saturated rings. The van der Waals surface area contributed by atoms with Gasteiger partial charge in [-0.15, -0.1) is 0 Å². The number of nitrogens with one attached hydrogen (secondary N) is 2. The third-order valence-electron chi connectivity index (χ3n) is 2.90. The van der Waals surface area contributed by atoms with Gasteiger partial charge in [-0.05, 0) is 24.3 Å². The number of benzene rings is 2. The van der Waals surface area contributed by atoms with Crippen LogP contribution in [0, 0.1) is 0 Å². The van der Waals surface area contributed by atoms with E-state index in [0.29, 0.717) is 16.4 Å². The van der Waals surface area contributed by atoms with E-state index in [2.05, 4.69) is 15.5 Å². The van der Waals surface area contributed by atoms with Crippen molar-refractivity contribution in [1.29, 1.82) is 0 Å². The molecule has 20 heavy (non-hydrogen) atoms. The standard InChI is InChI=1S/C14H9Cl2N3O/c15-10-6-3-5-9(12(10)16)14(20)17-13-8-4-1-2-7-11(8)18-19-13/h1-7H,(H2,17,18,19,20). The van der Waals surface area contributed by atoms with Crippen molar-refractivity contribution < 1.29 is 4.79 Å². The fourth-order valence-electron chi connectivity index (χ4n) is 1.91. The maximum absolute atomic E-state index is 12.2. The highest BCUT2D eigenvalue weighted by Gasteiger charge is 2.15. The van der Waals surface area contributed by atoms with Gasteiger partial charge in [-0.1, -0.05) is 41.4 Å². The smallest absolute Gasteiger partial charge is 0.258 e. The van der Waals surface area contributed by atoms with Crippen molar-refractivity contribution in [3.63, 3.8) is 0 Å². The van der Waals surface area contributed by atoms with Gasteiger partial charge < -0.3 is 5.32 Å². The molecule has 0 bridgehead atoms. The molecule has 3 rings (SSSR count). The number of H-pyrrole nitrogens is 1. The molecule has 0 aliphatic carbocycles. The summed E-state index contributed by atoms with van der Waals surface area (Å²) >= 11 is 11.9. The van der Waals surface area contributed by atoms with Gasteiger partial charge in [0.05, 0.1) is 21.1 Å². The maximum atomic E-state index is 12.2. The summed E-state index contributed by atoms with van der Waals surface area (Å²) < 4.78 is 0. The Morgan fingerprint density at radius 3 is 2.75 bits per heavy atom. The van der Waals surface area contributed by atoms with E-state index in [4.69, 9.17) is 23.2 Å². The molecule has 4 nitrogen and oxygen atoms in total. The number of aromatic amines is 1. The minimum atomic E-state index is -0.352. The summed E-state index contributed by atoms with van der Waals surface area (Å²) in [4.78, 5) is 12.2. The van der Waals surface area contributed by atoms with Gasteiger partial charge in [0.15, 0.2) is 5.82 Å². The summed E-state index contributed by atoms with van der Waals surface area (Å²) in [6.07, 6.45) is 0. The van der Waals surface area contributed by atoms with Crippen molar-refractivity contribution in [3.8, 4) is 0 Å². The van der Waals surface area contributed by atoms with Crippen molar-refractivity contribution in [1.82, 2.24) is 10.2 Å². The number of amides is 1. The molecule has 3 aromatic rings. The van der Waals surface area contributed by atoms with Crippen LogP contribution < -0.4 is 5.32 Å². The first kappa shape index (κ1) is 13.0. The van der Waals surface area contributed by atoms with Gasteiger partial charge in [-0.3, -0.25) is 9.89 Å². The second kappa shape index (κ2) is 5.15. The molecule has 0 unspecified atom stereocenters. The Morgan fingerprint density at radius 2 is 1.90 bits per heavy atom. The number of fused-ring (bicyclic) bond motifs is 1. The molecular weight excluding hydrogens is 297 g/mol. The van der Waals surface area contributed by atoms with Gasteiger partial charge in [0.25, 0.3) is 5.91 Å². The topological polar surface area (TPSA) is 57.8 Å². The highest BCUT2D eigenvalue weighted by molar-refractivity contribution is 6.44. The molecule has 1 aromatic heterocycles. The largest absolute Gasteiger partial charge is 0.305 e. The quantitative estimate of drug-likeness (QED) is 0.748. The third kappa shape index (κ3) is 2.24. The van der Waals surface area contributed by atoms with E-state index < -0.39 is 0 Å². The average molecular weight is 306 g/mol. The lowest BCUT2D eigenvalue weighted by atomic mass is 10.2. The lowest BCUT2D eigenvalue weighted by Gasteiger charge is -2.05. The van der Waals surface area contributed by atoms with Crippen LogP contribution in [0.3, 0.4) is 0 Å². The minimum absolute atomic E-state index is 0.228. The van der Waals surface area contributed by atoms with Gasteiger partial charge in [-0.2, -0.15) is 5.10 Å². The van der Waals surface area contributed by atoms with Gasteiger partial charge in [0.2, 0.25) is 0 Å². The first-order valence-electron chi connectivity index (χ1n) is 5.85. The number of carbonyl (C=O) groups is 1. The average Bonchev–Trinajstić information content (AvgIpc) is 2.85.